The summed E-state index contributed by atoms with van der Waals surface area (Å²) in [4.78, 5) is 13.5. The van der Waals surface area contributed by atoms with Crippen molar-refractivity contribution in [2.75, 3.05) is 14.2 Å². The third-order valence-electron chi connectivity index (χ3n) is 5.10. The fourth-order valence-electron chi connectivity index (χ4n) is 3.87. The van der Waals surface area contributed by atoms with Crippen LogP contribution in [0.15, 0.2) is 23.1 Å². The van der Waals surface area contributed by atoms with Crippen LogP contribution in [0.4, 0.5) is 0 Å². The Morgan fingerprint density at radius 1 is 1.22 bits per heavy atom. The minimum absolute atomic E-state index is 0.118. The lowest BCUT2D eigenvalue weighted by molar-refractivity contribution is -0.121. The van der Waals surface area contributed by atoms with Crippen LogP contribution in [-0.2, 0) is 4.79 Å². The lowest BCUT2D eigenvalue weighted by atomic mass is 9.95. The number of thioether (sulfide) groups is 1. The Kier molecular flexibility index (Phi) is 5.05. The van der Waals surface area contributed by atoms with Gasteiger partial charge in [-0.15, -0.1) is 11.8 Å². The van der Waals surface area contributed by atoms with Gasteiger partial charge >= 0.3 is 0 Å². The van der Waals surface area contributed by atoms with Crippen molar-refractivity contribution >= 4 is 17.7 Å². The average molecular weight is 335 g/mol. The fourth-order valence-corrected chi connectivity index (χ4v) is 4.77. The van der Waals surface area contributed by atoms with Crippen LogP contribution in [0.3, 0.4) is 0 Å². The van der Waals surface area contributed by atoms with Crippen molar-refractivity contribution in [3.8, 4) is 11.5 Å². The van der Waals surface area contributed by atoms with Gasteiger partial charge in [0.2, 0.25) is 5.91 Å². The molecule has 1 amide bonds. The van der Waals surface area contributed by atoms with Gasteiger partial charge in [0.15, 0.2) is 11.5 Å². The maximum atomic E-state index is 12.5. The van der Waals surface area contributed by atoms with E-state index in [0.717, 1.165) is 10.8 Å². The van der Waals surface area contributed by atoms with Crippen LogP contribution in [0.2, 0.25) is 0 Å². The van der Waals surface area contributed by atoms with E-state index in [1.54, 1.807) is 26.0 Å². The molecule has 4 nitrogen and oxygen atoms in total. The number of methoxy groups -OCH3 is 2. The van der Waals surface area contributed by atoms with Crippen LogP contribution >= 0.6 is 11.8 Å². The molecule has 2 aliphatic rings. The van der Waals surface area contributed by atoms with Crippen LogP contribution in [0.25, 0.3) is 0 Å². The second-order valence-corrected chi connectivity index (χ2v) is 7.98. The Morgan fingerprint density at radius 2 is 2.00 bits per heavy atom. The highest BCUT2D eigenvalue weighted by Crippen LogP contribution is 2.44. The van der Waals surface area contributed by atoms with E-state index in [9.17, 15) is 4.79 Å². The van der Waals surface area contributed by atoms with E-state index in [1.807, 2.05) is 25.1 Å². The zero-order valence-electron chi connectivity index (χ0n) is 14.0. The zero-order chi connectivity index (χ0) is 16.4. The van der Waals surface area contributed by atoms with Gasteiger partial charge in [-0.25, -0.2) is 0 Å². The van der Waals surface area contributed by atoms with Crippen molar-refractivity contribution in [3.63, 3.8) is 0 Å². The molecule has 2 bridgehead atoms. The minimum atomic E-state index is -0.118. The molecule has 1 N–H and O–H groups in total. The summed E-state index contributed by atoms with van der Waals surface area (Å²) < 4.78 is 10.6. The number of ether oxygens (including phenoxy) is 2. The molecular weight excluding hydrogens is 310 g/mol. The van der Waals surface area contributed by atoms with E-state index in [-0.39, 0.29) is 11.2 Å². The number of carbonyl (C=O) groups is 1. The summed E-state index contributed by atoms with van der Waals surface area (Å²) in [6.45, 7) is 1.96. The molecule has 2 saturated carbocycles. The normalized spacial score (nSPS) is 26.8. The van der Waals surface area contributed by atoms with Gasteiger partial charge in [0, 0.05) is 10.9 Å². The Hall–Kier alpha value is -1.36. The number of hydrogen-bond acceptors (Lipinski definition) is 4. The molecule has 3 rings (SSSR count). The Balaban J connectivity index is 1.58. The van der Waals surface area contributed by atoms with Gasteiger partial charge in [-0.05, 0) is 56.2 Å². The number of hydrogen-bond donors (Lipinski definition) is 1. The predicted molar refractivity (Wildman–Crippen MR) is 92.2 cm³/mol. The lowest BCUT2D eigenvalue weighted by Crippen LogP contribution is -2.42. The van der Waals surface area contributed by atoms with Crippen molar-refractivity contribution in [2.45, 2.75) is 48.8 Å². The van der Waals surface area contributed by atoms with Crippen molar-refractivity contribution in [3.05, 3.63) is 18.2 Å². The second-order valence-electron chi connectivity index (χ2n) is 6.57. The molecule has 0 aromatic heterocycles. The Morgan fingerprint density at radius 3 is 2.61 bits per heavy atom. The first-order chi connectivity index (χ1) is 11.1. The van der Waals surface area contributed by atoms with Crippen molar-refractivity contribution in [1.29, 1.82) is 0 Å². The highest BCUT2D eigenvalue weighted by atomic mass is 32.2. The van der Waals surface area contributed by atoms with Gasteiger partial charge in [-0.2, -0.15) is 0 Å². The molecule has 0 unspecified atom stereocenters. The highest BCUT2D eigenvalue weighted by molar-refractivity contribution is 8.00. The monoisotopic (exact) mass is 335 g/mol. The van der Waals surface area contributed by atoms with E-state index < -0.39 is 0 Å². The molecular formula is C18H25NO3S. The van der Waals surface area contributed by atoms with E-state index in [4.69, 9.17) is 9.47 Å². The number of nitrogens with one attached hydrogen (secondary N) is 1. The summed E-state index contributed by atoms with van der Waals surface area (Å²) in [5, 5.41) is 3.15. The standard InChI is InChI=1S/C18H25NO3S/c1-11(18(20)19-15-9-12-4-5-13(15)8-12)23-14-6-7-16(21-2)17(10-14)22-3/h6-7,10-13,15H,4-5,8-9H2,1-3H3,(H,19,20)/t11-,12+,13+,15+/m1/s1. The van der Waals surface area contributed by atoms with Crippen LogP contribution in [0.1, 0.15) is 32.6 Å². The molecule has 1 aromatic carbocycles. The summed E-state index contributed by atoms with van der Waals surface area (Å²) in [5.41, 5.74) is 0. The first kappa shape index (κ1) is 16.5. The molecule has 126 valence electrons. The first-order valence-electron chi connectivity index (χ1n) is 8.29. The van der Waals surface area contributed by atoms with E-state index in [2.05, 4.69) is 5.32 Å². The highest BCUT2D eigenvalue weighted by Gasteiger charge is 2.40. The summed E-state index contributed by atoms with van der Waals surface area (Å²) in [5.74, 6) is 3.10. The average Bonchev–Trinajstić information content (AvgIpc) is 3.17. The van der Waals surface area contributed by atoms with Gasteiger partial charge in [0.1, 0.15) is 0 Å². The van der Waals surface area contributed by atoms with Gasteiger partial charge in [-0.1, -0.05) is 6.42 Å². The number of benzene rings is 1. The summed E-state index contributed by atoms with van der Waals surface area (Å²) in [7, 11) is 3.24. The molecule has 5 heteroatoms. The van der Waals surface area contributed by atoms with Crippen LogP contribution < -0.4 is 14.8 Å². The zero-order valence-corrected chi connectivity index (χ0v) is 14.8. The molecule has 0 saturated heterocycles. The minimum Gasteiger partial charge on any atom is -0.493 e. The fraction of sp³-hybridized carbons (Fsp3) is 0.611. The Bertz CT molecular complexity index is 577. The molecule has 0 spiro atoms. The van der Waals surface area contributed by atoms with Crippen molar-refractivity contribution in [2.24, 2.45) is 11.8 Å². The molecule has 0 aliphatic heterocycles. The number of fused-ring (bicyclic) bond motifs is 2. The molecule has 2 fully saturated rings. The van der Waals surface area contributed by atoms with Crippen molar-refractivity contribution in [1.82, 2.24) is 5.32 Å². The van der Waals surface area contributed by atoms with Gasteiger partial charge in [0.05, 0.1) is 19.5 Å². The van der Waals surface area contributed by atoms with Crippen LogP contribution in [0.5, 0.6) is 11.5 Å². The third-order valence-corrected chi connectivity index (χ3v) is 6.20. The maximum absolute atomic E-state index is 12.5. The third kappa shape index (κ3) is 3.60. The van der Waals surface area contributed by atoms with Gasteiger partial charge < -0.3 is 14.8 Å². The molecule has 0 radical (unpaired) electrons. The number of rotatable bonds is 6. The predicted octanol–water partition coefficient (Wildman–Crippen LogP) is 3.49. The molecule has 23 heavy (non-hydrogen) atoms. The SMILES string of the molecule is COc1ccc(S[C@H](C)C(=O)N[C@H]2C[C@H]3CC[C@H]2C3)cc1OC. The quantitative estimate of drug-likeness (QED) is 0.809. The van der Waals surface area contributed by atoms with E-state index in [0.29, 0.717) is 23.5 Å². The second kappa shape index (κ2) is 7.04. The topological polar surface area (TPSA) is 47.6 Å². The molecule has 2 aliphatic carbocycles. The van der Waals surface area contributed by atoms with Crippen LogP contribution in [-0.4, -0.2) is 31.4 Å². The summed E-state index contributed by atoms with van der Waals surface area (Å²) >= 11 is 1.56. The van der Waals surface area contributed by atoms with E-state index >= 15 is 0 Å². The molecule has 4 atom stereocenters. The van der Waals surface area contributed by atoms with Crippen molar-refractivity contribution < 1.29 is 14.3 Å². The van der Waals surface area contributed by atoms with E-state index in [1.165, 1.54) is 25.7 Å². The molecule has 0 heterocycles. The summed E-state index contributed by atoms with van der Waals surface area (Å²) in [6, 6.07) is 6.16. The largest absolute Gasteiger partial charge is 0.493 e. The number of amides is 1. The maximum Gasteiger partial charge on any atom is 0.233 e. The molecule has 1 aromatic rings. The van der Waals surface area contributed by atoms with Gasteiger partial charge in [-0.3, -0.25) is 4.79 Å². The Labute approximate surface area is 142 Å². The van der Waals surface area contributed by atoms with Gasteiger partial charge in [0.25, 0.3) is 0 Å². The smallest absolute Gasteiger partial charge is 0.233 e. The summed E-state index contributed by atoms with van der Waals surface area (Å²) in [6.07, 6.45) is 5.12. The first-order valence-corrected chi connectivity index (χ1v) is 9.17. The lowest BCUT2D eigenvalue weighted by Gasteiger charge is -2.24. The van der Waals surface area contributed by atoms with Crippen LogP contribution in [0, 0.1) is 11.8 Å². The number of carbonyl (C=O) groups excluding carboxylic acids is 1.